The van der Waals surface area contributed by atoms with Crippen LogP contribution in [0.4, 0.5) is 0 Å². The van der Waals surface area contributed by atoms with Gasteiger partial charge in [-0.25, -0.2) is 4.79 Å². The van der Waals surface area contributed by atoms with Gasteiger partial charge in [0.05, 0.1) is 6.42 Å². The number of halogens is 1. The van der Waals surface area contributed by atoms with Gasteiger partial charge >= 0.3 is 5.97 Å². The van der Waals surface area contributed by atoms with Gasteiger partial charge in [0.15, 0.2) is 0 Å². The first-order chi connectivity index (χ1) is 7.65. The van der Waals surface area contributed by atoms with Gasteiger partial charge in [0, 0.05) is 4.47 Å². The Bertz CT molecular complexity index is 524. The molecule has 6 heteroatoms. The molecule has 1 N–H and O–H groups in total. The highest BCUT2D eigenvalue weighted by atomic mass is 79.9. The van der Waals surface area contributed by atoms with Gasteiger partial charge < -0.3 is 9.63 Å². The fourth-order valence-electron chi connectivity index (χ4n) is 1.24. The van der Waals surface area contributed by atoms with Gasteiger partial charge in [0.1, 0.15) is 0 Å². The summed E-state index contributed by atoms with van der Waals surface area (Å²) in [4.78, 5) is 14.3. The Balaban J connectivity index is 2.17. The fraction of sp³-hybridized carbons (Fsp3) is 0.100. The average Bonchev–Trinajstić information content (AvgIpc) is 2.66. The third kappa shape index (κ3) is 2.46. The van der Waals surface area contributed by atoms with E-state index in [1.807, 2.05) is 24.3 Å². The second kappa shape index (κ2) is 4.44. The summed E-state index contributed by atoms with van der Waals surface area (Å²) in [5, 5.41) is 12.0. The molecule has 5 nitrogen and oxygen atoms in total. The second-order valence-corrected chi connectivity index (χ2v) is 4.04. The normalized spacial score (nSPS) is 10.3. The van der Waals surface area contributed by atoms with Crippen LogP contribution >= 0.6 is 15.9 Å². The summed E-state index contributed by atoms with van der Waals surface area (Å²) in [6.07, 6.45) is 0.416. The quantitative estimate of drug-likeness (QED) is 0.933. The van der Waals surface area contributed by atoms with E-state index in [2.05, 4.69) is 26.1 Å². The lowest BCUT2D eigenvalue weighted by Gasteiger charge is -1.96. The van der Waals surface area contributed by atoms with Crippen LogP contribution < -0.4 is 0 Å². The number of hydrogen-bond acceptors (Lipinski definition) is 4. The summed E-state index contributed by atoms with van der Waals surface area (Å²) in [6.45, 7) is 0. The first-order valence-electron chi connectivity index (χ1n) is 4.45. The molecule has 0 bridgehead atoms. The van der Waals surface area contributed by atoms with Crippen molar-refractivity contribution in [3.8, 4) is 0 Å². The standard InChI is InChI=1S/C10H7BrN2O3/c11-7-3-1-2-6(4-7)5-8-12-9(10(14)15)13-16-8/h1-4H,5H2,(H,14,15). The molecule has 1 aromatic carbocycles. The van der Waals surface area contributed by atoms with Gasteiger partial charge in [-0.1, -0.05) is 28.1 Å². The molecule has 0 amide bonds. The SMILES string of the molecule is O=C(O)c1noc(Cc2cccc(Br)c2)n1. The number of aromatic carboxylic acids is 1. The summed E-state index contributed by atoms with van der Waals surface area (Å²) >= 11 is 3.34. The zero-order chi connectivity index (χ0) is 11.5. The molecular weight excluding hydrogens is 276 g/mol. The topological polar surface area (TPSA) is 76.2 Å². The Labute approximate surface area is 99.2 Å². The number of nitrogens with zero attached hydrogens (tertiary/aromatic N) is 2. The van der Waals surface area contributed by atoms with Crippen LogP contribution in [0, 0.1) is 0 Å². The lowest BCUT2D eigenvalue weighted by Crippen LogP contribution is -1.99. The van der Waals surface area contributed by atoms with Crippen molar-refractivity contribution in [2.45, 2.75) is 6.42 Å². The van der Waals surface area contributed by atoms with Gasteiger partial charge in [-0.2, -0.15) is 4.98 Å². The van der Waals surface area contributed by atoms with E-state index in [1.54, 1.807) is 0 Å². The maximum Gasteiger partial charge on any atom is 0.377 e. The summed E-state index contributed by atoms with van der Waals surface area (Å²) in [7, 11) is 0. The van der Waals surface area contributed by atoms with Gasteiger partial charge in [-0.05, 0) is 22.9 Å². The molecule has 0 saturated heterocycles. The first-order valence-corrected chi connectivity index (χ1v) is 5.25. The van der Waals surface area contributed by atoms with Crippen LogP contribution in [0.5, 0.6) is 0 Å². The zero-order valence-electron chi connectivity index (χ0n) is 8.05. The number of rotatable bonds is 3. The van der Waals surface area contributed by atoms with Crippen molar-refractivity contribution in [2.75, 3.05) is 0 Å². The summed E-state index contributed by atoms with van der Waals surface area (Å²) in [5.74, 6) is -1.22. The number of benzene rings is 1. The molecular formula is C10H7BrN2O3. The van der Waals surface area contributed by atoms with E-state index in [0.29, 0.717) is 6.42 Å². The monoisotopic (exact) mass is 282 g/mol. The zero-order valence-corrected chi connectivity index (χ0v) is 9.64. The van der Waals surface area contributed by atoms with Crippen molar-refractivity contribution in [1.29, 1.82) is 0 Å². The average molecular weight is 283 g/mol. The largest absolute Gasteiger partial charge is 0.475 e. The Kier molecular flexibility index (Phi) is 3.00. The Morgan fingerprint density at radius 3 is 2.94 bits per heavy atom. The number of carboxylic acids is 1. The summed E-state index contributed by atoms with van der Waals surface area (Å²) in [6, 6.07) is 7.59. The molecule has 0 saturated carbocycles. The third-order valence-corrected chi connectivity index (χ3v) is 2.40. The van der Waals surface area contributed by atoms with Crippen molar-refractivity contribution in [3.05, 3.63) is 46.0 Å². The van der Waals surface area contributed by atoms with Crippen LogP contribution in [0.3, 0.4) is 0 Å². The highest BCUT2D eigenvalue weighted by molar-refractivity contribution is 9.10. The Morgan fingerprint density at radius 2 is 2.31 bits per heavy atom. The minimum Gasteiger partial charge on any atom is -0.475 e. The first kappa shape index (κ1) is 10.8. The second-order valence-electron chi connectivity index (χ2n) is 3.12. The predicted molar refractivity (Wildman–Crippen MR) is 58.2 cm³/mol. The van der Waals surface area contributed by atoms with E-state index in [9.17, 15) is 4.79 Å². The number of carboxylic acid groups (broad SMARTS) is 1. The highest BCUT2D eigenvalue weighted by Crippen LogP contribution is 2.14. The van der Waals surface area contributed by atoms with Crippen molar-refractivity contribution in [3.63, 3.8) is 0 Å². The van der Waals surface area contributed by atoms with Gasteiger partial charge in [-0.15, -0.1) is 0 Å². The van der Waals surface area contributed by atoms with Crippen LogP contribution in [0.1, 0.15) is 22.1 Å². The summed E-state index contributed by atoms with van der Waals surface area (Å²) < 4.78 is 5.76. The highest BCUT2D eigenvalue weighted by Gasteiger charge is 2.12. The maximum absolute atomic E-state index is 10.5. The molecule has 2 aromatic rings. The third-order valence-electron chi connectivity index (χ3n) is 1.90. The molecule has 0 radical (unpaired) electrons. The van der Waals surface area contributed by atoms with Crippen molar-refractivity contribution in [1.82, 2.24) is 10.1 Å². The predicted octanol–water partition coefficient (Wildman–Crippen LogP) is 2.12. The fourth-order valence-corrected chi connectivity index (χ4v) is 1.68. The van der Waals surface area contributed by atoms with Gasteiger partial charge in [0.2, 0.25) is 5.89 Å². The molecule has 0 aliphatic rings. The molecule has 16 heavy (non-hydrogen) atoms. The lowest BCUT2D eigenvalue weighted by atomic mass is 10.1. The molecule has 2 rings (SSSR count). The van der Waals surface area contributed by atoms with E-state index in [0.717, 1.165) is 10.0 Å². The minimum atomic E-state index is -1.19. The smallest absolute Gasteiger partial charge is 0.377 e. The van der Waals surface area contributed by atoms with Crippen LogP contribution in [-0.4, -0.2) is 21.2 Å². The van der Waals surface area contributed by atoms with E-state index in [1.165, 1.54) is 0 Å². The van der Waals surface area contributed by atoms with Crippen molar-refractivity contribution < 1.29 is 14.4 Å². The van der Waals surface area contributed by atoms with Crippen LogP contribution in [-0.2, 0) is 6.42 Å². The summed E-state index contributed by atoms with van der Waals surface area (Å²) in [5.41, 5.74) is 0.968. The Morgan fingerprint density at radius 1 is 1.50 bits per heavy atom. The molecule has 0 atom stereocenters. The maximum atomic E-state index is 10.5. The van der Waals surface area contributed by atoms with Crippen molar-refractivity contribution >= 4 is 21.9 Å². The van der Waals surface area contributed by atoms with Crippen LogP contribution in [0.25, 0.3) is 0 Å². The Hall–Kier alpha value is -1.69. The van der Waals surface area contributed by atoms with E-state index in [-0.39, 0.29) is 11.7 Å². The molecule has 0 fully saturated rings. The van der Waals surface area contributed by atoms with Crippen LogP contribution in [0.15, 0.2) is 33.3 Å². The van der Waals surface area contributed by atoms with E-state index in [4.69, 9.17) is 9.63 Å². The lowest BCUT2D eigenvalue weighted by molar-refractivity contribution is 0.0680. The van der Waals surface area contributed by atoms with E-state index < -0.39 is 5.97 Å². The minimum absolute atomic E-state index is 0.288. The van der Waals surface area contributed by atoms with Crippen molar-refractivity contribution in [2.24, 2.45) is 0 Å². The molecule has 0 aliphatic carbocycles. The molecule has 0 spiro atoms. The molecule has 0 unspecified atom stereocenters. The number of aromatic nitrogens is 2. The number of carbonyl (C=O) groups is 1. The molecule has 1 aromatic heterocycles. The van der Waals surface area contributed by atoms with E-state index >= 15 is 0 Å². The number of hydrogen-bond donors (Lipinski definition) is 1. The van der Waals surface area contributed by atoms with Gasteiger partial charge in [-0.3, -0.25) is 0 Å². The molecule has 1 heterocycles. The molecule has 0 aliphatic heterocycles. The van der Waals surface area contributed by atoms with Gasteiger partial charge in [0.25, 0.3) is 5.82 Å². The molecule has 82 valence electrons. The van der Waals surface area contributed by atoms with Crippen LogP contribution in [0.2, 0.25) is 0 Å².